The fraction of sp³-hybridized carbons (Fsp3) is 0.263. The molecule has 0 aliphatic carbocycles. The standard InChI is InChI=1S/C19H18ClN3O3S2/c1-3-26-16-7-4-6-12-10-13(19(20)21-18(12)16)15-11-14(17-8-5-9-27-17)22-23(15)28(2,24)25/h4-10,15H,3,11H2,1-2H3/t15-/m1/s1. The minimum absolute atomic E-state index is 0.251. The van der Waals surface area contributed by atoms with Crippen molar-refractivity contribution >= 4 is 49.6 Å². The normalized spacial score (nSPS) is 17.2. The van der Waals surface area contributed by atoms with Crippen molar-refractivity contribution in [3.8, 4) is 5.75 Å². The van der Waals surface area contributed by atoms with Crippen molar-refractivity contribution in [2.75, 3.05) is 12.9 Å². The predicted octanol–water partition coefficient (Wildman–Crippen LogP) is 4.46. The lowest BCUT2D eigenvalue weighted by Gasteiger charge is -2.22. The number of aromatic nitrogens is 1. The average molecular weight is 436 g/mol. The number of nitrogens with zero attached hydrogens (tertiary/aromatic N) is 3. The molecule has 0 fully saturated rings. The van der Waals surface area contributed by atoms with Gasteiger partial charge in [0.2, 0.25) is 10.0 Å². The van der Waals surface area contributed by atoms with E-state index >= 15 is 0 Å². The van der Waals surface area contributed by atoms with E-state index in [4.69, 9.17) is 16.3 Å². The third-order valence-electron chi connectivity index (χ3n) is 4.47. The minimum atomic E-state index is -3.57. The molecule has 0 spiro atoms. The topological polar surface area (TPSA) is 71.9 Å². The zero-order chi connectivity index (χ0) is 19.9. The first-order valence-electron chi connectivity index (χ1n) is 8.71. The van der Waals surface area contributed by atoms with Gasteiger partial charge in [-0.25, -0.2) is 13.4 Å². The van der Waals surface area contributed by atoms with E-state index in [0.717, 1.165) is 26.6 Å². The minimum Gasteiger partial charge on any atom is -0.492 e. The Morgan fingerprint density at radius 3 is 2.82 bits per heavy atom. The monoisotopic (exact) mass is 435 g/mol. The van der Waals surface area contributed by atoms with Gasteiger partial charge < -0.3 is 4.74 Å². The molecule has 0 saturated carbocycles. The number of para-hydroxylation sites is 1. The van der Waals surface area contributed by atoms with Crippen molar-refractivity contribution < 1.29 is 13.2 Å². The van der Waals surface area contributed by atoms with E-state index in [2.05, 4.69) is 10.1 Å². The van der Waals surface area contributed by atoms with Gasteiger partial charge in [0, 0.05) is 17.4 Å². The molecule has 0 bridgehead atoms. The molecule has 0 saturated heterocycles. The maximum Gasteiger partial charge on any atom is 0.247 e. The van der Waals surface area contributed by atoms with Gasteiger partial charge in [0.05, 0.1) is 29.5 Å². The van der Waals surface area contributed by atoms with Crippen LogP contribution in [0.3, 0.4) is 0 Å². The van der Waals surface area contributed by atoms with Gasteiger partial charge >= 0.3 is 0 Å². The first kappa shape index (κ1) is 19.2. The summed E-state index contributed by atoms with van der Waals surface area (Å²) in [5.74, 6) is 0.648. The highest BCUT2D eigenvalue weighted by molar-refractivity contribution is 7.88. The molecule has 4 rings (SSSR count). The van der Waals surface area contributed by atoms with Crippen LogP contribution in [-0.2, 0) is 10.0 Å². The molecule has 1 atom stereocenters. The molecule has 9 heteroatoms. The van der Waals surface area contributed by atoms with Gasteiger partial charge in [0.25, 0.3) is 0 Å². The Morgan fingerprint density at radius 1 is 1.32 bits per heavy atom. The summed E-state index contributed by atoms with van der Waals surface area (Å²) in [7, 11) is -3.57. The zero-order valence-corrected chi connectivity index (χ0v) is 17.7. The van der Waals surface area contributed by atoms with Gasteiger partial charge in [-0.1, -0.05) is 29.8 Å². The van der Waals surface area contributed by atoms with Crippen molar-refractivity contribution in [3.05, 3.63) is 57.4 Å². The predicted molar refractivity (Wildman–Crippen MR) is 113 cm³/mol. The summed E-state index contributed by atoms with van der Waals surface area (Å²) in [6.07, 6.45) is 1.59. The number of ether oxygens (including phenoxy) is 1. The number of benzene rings is 1. The highest BCUT2D eigenvalue weighted by Crippen LogP contribution is 2.40. The van der Waals surface area contributed by atoms with Crippen LogP contribution in [0.4, 0.5) is 0 Å². The maximum absolute atomic E-state index is 12.4. The lowest BCUT2D eigenvalue weighted by atomic mass is 10.0. The van der Waals surface area contributed by atoms with Crippen molar-refractivity contribution in [2.24, 2.45) is 5.10 Å². The first-order valence-corrected chi connectivity index (χ1v) is 11.8. The van der Waals surface area contributed by atoms with Crippen molar-refractivity contribution in [1.82, 2.24) is 9.40 Å². The van der Waals surface area contributed by atoms with Crippen LogP contribution in [0.15, 0.2) is 46.9 Å². The number of hydrazone groups is 1. The van der Waals surface area contributed by atoms with Crippen LogP contribution in [0.5, 0.6) is 5.75 Å². The third kappa shape index (κ3) is 3.47. The molecule has 1 aliphatic rings. The summed E-state index contributed by atoms with van der Waals surface area (Å²) in [6.45, 7) is 2.42. The largest absolute Gasteiger partial charge is 0.492 e. The van der Waals surface area contributed by atoms with Crippen molar-refractivity contribution in [3.63, 3.8) is 0 Å². The number of pyridine rings is 1. The Labute approximate surface area is 172 Å². The number of halogens is 1. The molecular formula is C19H18ClN3O3S2. The van der Waals surface area contributed by atoms with Gasteiger partial charge in [-0.05, 0) is 30.5 Å². The van der Waals surface area contributed by atoms with E-state index in [-0.39, 0.29) is 5.15 Å². The molecular weight excluding hydrogens is 418 g/mol. The molecule has 1 aliphatic heterocycles. The molecule has 6 nitrogen and oxygen atoms in total. The summed E-state index contributed by atoms with van der Waals surface area (Å²) in [5.41, 5.74) is 2.01. The van der Waals surface area contributed by atoms with Gasteiger partial charge in [0.15, 0.2) is 0 Å². The Bertz CT molecular complexity index is 1160. The highest BCUT2D eigenvalue weighted by atomic mass is 35.5. The lowest BCUT2D eigenvalue weighted by Crippen LogP contribution is -2.26. The van der Waals surface area contributed by atoms with E-state index in [0.29, 0.717) is 29.9 Å². The number of rotatable bonds is 5. The molecule has 146 valence electrons. The second-order valence-electron chi connectivity index (χ2n) is 6.41. The van der Waals surface area contributed by atoms with E-state index < -0.39 is 16.1 Å². The van der Waals surface area contributed by atoms with Crippen LogP contribution in [0.2, 0.25) is 5.15 Å². The van der Waals surface area contributed by atoms with Crippen LogP contribution in [0.25, 0.3) is 10.9 Å². The molecule has 3 aromatic rings. The van der Waals surface area contributed by atoms with Crippen molar-refractivity contribution in [2.45, 2.75) is 19.4 Å². The van der Waals surface area contributed by atoms with Gasteiger partial charge in [-0.3, -0.25) is 0 Å². The lowest BCUT2D eigenvalue weighted by molar-refractivity contribution is 0.343. The highest BCUT2D eigenvalue weighted by Gasteiger charge is 2.36. The van der Waals surface area contributed by atoms with Gasteiger partial charge in [-0.2, -0.15) is 9.52 Å². The molecule has 2 aromatic heterocycles. The number of thiophene rings is 1. The SMILES string of the molecule is CCOc1cccc2cc([C@H]3CC(c4cccs4)=NN3S(C)(=O)=O)c(Cl)nc12. The van der Waals surface area contributed by atoms with Crippen LogP contribution < -0.4 is 4.74 Å². The molecule has 0 amide bonds. The number of hydrogen-bond acceptors (Lipinski definition) is 6. The number of hydrogen-bond donors (Lipinski definition) is 0. The Morgan fingerprint density at radius 2 is 2.14 bits per heavy atom. The van der Waals surface area contributed by atoms with Gasteiger partial charge in [-0.15, -0.1) is 11.3 Å². The quantitative estimate of drug-likeness (QED) is 0.554. The Hall–Kier alpha value is -2.16. The van der Waals surface area contributed by atoms with E-state index in [1.165, 1.54) is 11.3 Å². The summed E-state index contributed by atoms with van der Waals surface area (Å²) < 4.78 is 31.5. The van der Waals surface area contributed by atoms with Crippen LogP contribution in [-0.4, -0.2) is 36.4 Å². The fourth-order valence-corrected chi connectivity index (χ4v) is 5.17. The second-order valence-corrected chi connectivity index (χ2v) is 9.55. The summed E-state index contributed by atoms with van der Waals surface area (Å²) >= 11 is 8.03. The third-order valence-corrected chi connectivity index (χ3v) is 6.70. The van der Waals surface area contributed by atoms with Crippen LogP contribution >= 0.6 is 22.9 Å². The Kier molecular flexibility index (Phi) is 5.03. The van der Waals surface area contributed by atoms with E-state index in [1.807, 2.05) is 48.7 Å². The molecule has 1 aromatic carbocycles. The molecule has 0 N–H and O–H groups in total. The van der Waals surface area contributed by atoms with E-state index in [9.17, 15) is 8.42 Å². The molecule has 0 radical (unpaired) electrons. The van der Waals surface area contributed by atoms with E-state index in [1.54, 1.807) is 0 Å². The second kappa shape index (κ2) is 7.35. The first-order chi connectivity index (χ1) is 13.4. The maximum atomic E-state index is 12.4. The smallest absolute Gasteiger partial charge is 0.247 e. The number of fused-ring (bicyclic) bond motifs is 1. The van der Waals surface area contributed by atoms with Gasteiger partial charge in [0.1, 0.15) is 16.4 Å². The summed E-state index contributed by atoms with van der Waals surface area (Å²) in [4.78, 5) is 5.46. The van der Waals surface area contributed by atoms with Crippen LogP contribution in [0, 0.1) is 0 Å². The molecule has 28 heavy (non-hydrogen) atoms. The summed E-state index contributed by atoms with van der Waals surface area (Å²) in [6, 6.07) is 10.8. The van der Waals surface area contributed by atoms with Crippen molar-refractivity contribution in [1.29, 1.82) is 0 Å². The summed E-state index contributed by atoms with van der Waals surface area (Å²) in [5, 5.41) is 7.42. The fourth-order valence-electron chi connectivity index (χ4n) is 3.29. The zero-order valence-electron chi connectivity index (χ0n) is 15.3. The van der Waals surface area contributed by atoms with Crippen LogP contribution in [0.1, 0.15) is 29.8 Å². The molecule has 3 heterocycles. The average Bonchev–Trinajstić information content (AvgIpc) is 3.31. The Balaban J connectivity index is 1.81. The molecule has 0 unspecified atom stereocenters. The number of sulfonamides is 1.